The maximum absolute atomic E-state index is 4.25. The molecule has 106 valence electrons. The van der Waals surface area contributed by atoms with Crippen molar-refractivity contribution >= 4 is 11.4 Å². The number of nitrogens with one attached hydrogen (secondary N) is 2. The van der Waals surface area contributed by atoms with Gasteiger partial charge in [-0.3, -0.25) is 4.98 Å². The van der Waals surface area contributed by atoms with E-state index >= 15 is 0 Å². The molecular weight excluding hydrogens is 246 g/mol. The van der Waals surface area contributed by atoms with Crippen molar-refractivity contribution in [3.63, 3.8) is 0 Å². The van der Waals surface area contributed by atoms with Crippen molar-refractivity contribution in [2.24, 2.45) is 0 Å². The summed E-state index contributed by atoms with van der Waals surface area (Å²) in [6.45, 7) is 5.21. The zero-order valence-corrected chi connectivity index (χ0v) is 12.3. The average molecular weight is 269 g/mol. The van der Waals surface area contributed by atoms with Crippen LogP contribution in [0.25, 0.3) is 0 Å². The molecule has 1 heterocycles. The van der Waals surface area contributed by atoms with Crippen molar-refractivity contribution in [3.8, 4) is 0 Å². The van der Waals surface area contributed by atoms with Crippen LogP contribution in [0.5, 0.6) is 0 Å². The number of aromatic nitrogens is 1. The van der Waals surface area contributed by atoms with Gasteiger partial charge in [0.05, 0.1) is 23.8 Å². The first kappa shape index (κ1) is 14.4. The normalized spacial score (nSPS) is 11.9. The monoisotopic (exact) mass is 269 g/mol. The van der Waals surface area contributed by atoms with E-state index in [0.717, 1.165) is 30.8 Å². The molecule has 0 radical (unpaired) electrons. The van der Waals surface area contributed by atoms with E-state index in [4.69, 9.17) is 0 Å². The number of pyridine rings is 1. The standard InChI is InChI=1S/C17H23N3/c1-3-19-16-11-17(13-18-12-16)20-14(2)9-10-15-7-5-4-6-8-15/h4-8,11-14,19-20H,3,9-10H2,1-2H3. The van der Waals surface area contributed by atoms with Crippen molar-refractivity contribution in [1.29, 1.82) is 0 Å². The first-order valence-corrected chi connectivity index (χ1v) is 7.27. The first-order chi connectivity index (χ1) is 9.78. The summed E-state index contributed by atoms with van der Waals surface area (Å²) in [5, 5.41) is 6.78. The maximum Gasteiger partial charge on any atom is 0.0549 e. The minimum atomic E-state index is 0.425. The molecule has 2 rings (SSSR count). The molecular formula is C17H23N3. The highest BCUT2D eigenvalue weighted by Crippen LogP contribution is 2.15. The molecule has 0 saturated carbocycles. The number of hydrogen-bond donors (Lipinski definition) is 2. The Morgan fingerprint density at radius 1 is 1.10 bits per heavy atom. The van der Waals surface area contributed by atoms with Crippen LogP contribution in [0.3, 0.4) is 0 Å². The van der Waals surface area contributed by atoms with Gasteiger partial charge in [-0.15, -0.1) is 0 Å². The molecule has 20 heavy (non-hydrogen) atoms. The second-order valence-electron chi connectivity index (χ2n) is 5.06. The van der Waals surface area contributed by atoms with Gasteiger partial charge >= 0.3 is 0 Å². The van der Waals surface area contributed by atoms with Crippen LogP contribution in [-0.4, -0.2) is 17.6 Å². The highest BCUT2D eigenvalue weighted by atomic mass is 14.9. The van der Waals surface area contributed by atoms with Gasteiger partial charge in [0.15, 0.2) is 0 Å². The van der Waals surface area contributed by atoms with Gasteiger partial charge in [-0.25, -0.2) is 0 Å². The molecule has 0 saturated heterocycles. The van der Waals surface area contributed by atoms with E-state index < -0.39 is 0 Å². The molecule has 1 aromatic carbocycles. The Morgan fingerprint density at radius 2 is 1.85 bits per heavy atom. The lowest BCUT2D eigenvalue weighted by Crippen LogP contribution is -2.16. The summed E-state index contributed by atoms with van der Waals surface area (Å²) < 4.78 is 0. The zero-order chi connectivity index (χ0) is 14.2. The molecule has 2 aromatic rings. The molecule has 0 bridgehead atoms. The Morgan fingerprint density at radius 3 is 2.60 bits per heavy atom. The van der Waals surface area contributed by atoms with Crippen LogP contribution >= 0.6 is 0 Å². The summed E-state index contributed by atoms with van der Waals surface area (Å²) >= 11 is 0. The van der Waals surface area contributed by atoms with Crippen molar-refractivity contribution < 1.29 is 0 Å². The molecule has 0 fully saturated rings. The van der Waals surface area contributed by atoms with Gasteiger partial charge in [0.25, 0.3) is 0 Å². The fourth-order valence-electron chi connectivity index (χ4n) is 2.20. The summed E-state index contributed by atoms with van der Waals surface area (Å²) in [4.78, 5) is 4.25. The molecule has 0 aliphatic carbocycles. The number of benzene rings is 1. The van der Waals surface area contributed by atoms with E-state index in [0.29, 0.717) is 6.04 Å². The second-order valence-corrected chi connectivity index (χ2v) is 5.06. The molecule has 3 heteroatoms. The predicted octanol–water partition coefficient (Wildman–Crippen LogP) is 3.95. The third-order valence-corrected chi connectivity index (χ3v) is 3.24. The molecule has 1 aromatic heterocycles. The van der Waals surface area contributed by atoms with Crippen molar-refractivity contribution in [2.45, 2.75) is 32.7 Å². The van der Waals surface area contributed by atoms with Gasteiger partial charge in [-0.05, 0) is 38.3 Å². The van der Waals surface area contributed by atoms with Gasteiger partial charge in [-0.2, -0.15) is 0 Å². The number of hydrogen-bond acceptors (Lipinski definition) is 3. The average Bonchev–Trinajstić information content (AvgIpc) is 2.47. The van der Waals surface area contributed by atoms with E-state index in [-0.39, 0.29) is 0 Å². The summed E-state index contributed by atoms with van der Waals surface area (Å²) in [5.41, 5.74) is 3.53. The Labute approximate surface area is 121 Å². The Hall–Kier alpha value is -2.03. The predicted molar refractivity (Wildman–Crippen MR) is 86.2 cm³/mol. The third kappa shape index (κ3) is 4.57. The van der Waals surface area contributed by atoms with E-state index in [1.165, 1.54) is 5.56 Å². The Kier molecular flexibility index (Phi) is 5.42. The lowest BCUT2D eigenvalue weighted by molar-refractivity contribution is 0.706. The van der Waals surface area contributed by atoms with Crippen molar-refractivity contribution in [3.05, 3.63) is 54.4 Å². The summed E-state index contributed by atoms with van der Waals surface area (Å²) in [5.74, 6) is 0. The largest absolute Gasteiger partial charge is 0.384 e. The van der Waals surface area contributed by atoms with Crippen LogP contribution in [-0.2, 0) is 6.42 Å². The maximum atomic E-state index is 4.25. The Bertz CT molecular complexity index is 511. The summed E-state index contributed by atoms with van der Waals surface area (Å²) in [6.07, 6.45) is 5.92. The lowest BCUT2D eigenvalue weighted by atomic mass is 10.1. The van der Waals surface area contributed by atoms with E-state index in [2.05, 4.69) is 65.9 Å². The Balaban J connectivity index is 1.84. The second kappa shape index (κ2) is 7.53. The molecule has 3 nitrogen and oxygen atoms in total. The number of nitrogens with zero attached hydrogens (tertiary/aromatic N) is 1. The molecule has 0 aliphatic rings. The van der Waals surface area contributed by atoms with Crippen LogP contribution in [0.1, 0.15) is 25.8 Å². The highest BCUT2D eigenvalue weighted by molar-refractivity contribution is 5.54. The van der Waals surface area contributed by atoms with E-state index in [1.807, 2.05) is 12.4 Å². The van der Waals surface area contributed by atoms with Crippen LogP contribution < -0.4 is 10.6 Å². The fraction of sp³-hybridized carbons (Fsp3) is 0.353. The third-order valence-electron chi connectivity index (χ3n) is 3.24. The smallest absolute Gasteiger partial charge is 0.0549 e. The van der Waals surface area contributed by atoms with Gasteiger partial charge in [0, 0.05) is 12.6 Å². The topological polar surface area (TPSA) is 37.0 Å². The van der Waals surface area contributed by atoms with Crippen LogP contribution in [0.15, 0.2) is 48.8 Å². The molecule has 0 spiro atoms. The molecule has 0 aliphatic heterocycles. The molecule has 2 N–H and O–H groups in total. The first-order valence-electron chi connectivity index (χ1n) is 7.27. The quantitative estimate of drug-likeness (QED) is 0.799. The van der Waals surface area contributed by atoms with Gasteiger partial charge < -0.3 is 10.6 Å². The fourth-order valence-corrected chi connectivity index (χ4v) is 2.20. The van der Waals surface area contributed by atoms with Crippen LogP contribution in [0.4, 0.5) is 11.4 Å². The van der Waals surface area contributed by atoms with Gasteiger partial charge in [-0.1, -0.05) is 30.3 Å². The summed E-state index contributed by atoms with van der Waals surface area (Å²) in [7, 11) is 0. The minimum absolute atomic E-state index is 0.425. The summed E-state index contributed by atoms with van der Waals surface area (Å²) in [6, 6.07) is 13.1. The minimum Gasteiger partial charge on any atom is -0.384 e. The van der Waals surface area contributed by atoms with Gasteiger partial charge in [0.2, 0.25) is 0 Å². The SMILES string of the molecule is CCNc1cncc(NC(C)CCc2ccccc2)c1. The van der Waals surface area contributed by atoms with Crippen LogP contribution in [0.2, 0.25) is 0 Å². The van der Waals surface area contributed by atoms with Crippen molar-refractivity contribution in [1.82, 2.24) is 4.98 Å². The number of aryl methyl sites for hydroxylation is 1. The van der Waals surface area contributed by atoms with Crippen molar-refractivity contribution in [2.75, 3.05) is 17.2 Å². The number of anilines is 2. The highest BCUT2D eigenvalue weighted by Gasteiger charge is 2.03. The van der Waals surface area contributed by atoms with Crippen LogP contribution in [0, 0.1) is 0 Å². The van der Waals surface area contributed by atoms with Gasteiger partial charge in [0.1, 0.15) is 0 Å². The zero-order valence-electron chi connectivity index (χ0n) is 12.3. The molecule has 1 atom stereocenters. The number of rotatable bonds is 7. The van der Waals surface area contributed by atoms with E-state index in [9.17, 15) is 0 Å². The van der Waals surface area contributed by atoms with E-state index in [1.54, 1.807) is 0 Å². The molecule has 0 amide bonds. The lowest BCUT2D eigenvalue weighted by Gasteiger charge is -2.15. The molecule has 1 unspecified atom stereocenters.